The van der Waals surface area contributed by atoms with E-state index in [-0.39, 0.29) is 0 Å². The number of hydrogen-bond donors (Lipinski definition) is 0. The second-order valence-corrected chi connectivity index (χ2v) is 32.3. The van der Waals surface area contributed by atoms with Crippen molar-refractivity contribution in [2.24, 2.45) is 0 Å². The average molecular weight is 1750 g/mol. The van der Waals surface area contributed by atoms with Gasteiger partial charge in [0.1, 0.15) is 29.6 Å². The van der Waals surface area contributed by atoms with E-state index >= 15 is 0 Å². The number of para-hydroxylation sites is 20. The van der Waals surface area contributed by atoms with Crippen molar-refractivity contribution in [3.8, 4) is 68.8 Å². The first kappa shape index (κ1) is 83.4. The Bertz CT molecular complexity index is 7580. The van der Waals surface area contributed by atoms with Gasteiger partial charge in [-0.05, 0) is 253 Å². The van der Waals surface area contributed by atoms with Gasteiger partial charge in [0.05, 0.1) is 108 Å². The molecular formula is C120H80N16. The van der Waals surface area contributed by atoms with E-state index in [1.807, 2.05) is 72.8 Å². The number of pyridine rings is 4. The van der Waals surface area contributed by atoms with E-state index in [1.54, 1.807) is 49.3 Å². The van der Waals surface area contributed by atoms with Crippen molar-refractivity contribution in [2.75, 3.05) is 39.2 Å². The number of nitrogens with zero attached hydrogens (tertiary/aromatic N) is 16. The summed E-state index contributed by atoms with van der Waals surface area (Å²) in [7, 11) is 0. The van der Waals surface area contributed by atoms with Gasteiger partial charge in [0.2, 0.25) is 0 Å². The molecule has 0 unspecified atom stereocenters. The van der Waals surface area contributed by atoms with E-state index in [0.717, 1.165) is 181 Å². The molecule has 8 heterocycles. The molecule has 0 atom stereocenters. The van der Waals surface area contributed by atoms with Crippen LogP contribution < -0.4 is 39.2 Å². The Morgan fingerprint density at radius 3 is 0.787 bits per heavy atom. The molecule has 24 rings (SSSR count). The summed E-state index contributed by atoms with van der Waals surface area (Å²) >= 11 is 0. The third-order valence-electron chi connectivity index (χ3n) is 24.3. The van der Waals surface area contributed by atoms with Crippen LogP contribution in [-0.2, 0) is 0 Å². The monoisotopic (exact) mass is 1740 g/mol. The Kier molecular flexibility index (Phi) is 23.1. The molecule has 136 heavy (non-hydrogen) atoms. The van der Waals surface area contributed by atoms with Crippen molar-refractivity contribution in [1.82, 2.24) is 19.9 Å². The van der Waals surface area contributed by atoms with Crippen molar-refractivity contribution in [2.45, 2.75) is 0 Å². The normalized spacial score (nSPS) is 12.0. The SMILES string of the molecule is N#Cc1ccc(-c2cccc(N3c4ccccc4N(c4ccccc4)c4ccccc43)c2)cn1.N#Cc1ccncc1-c1cccc(N2c3ccccc3N(c3ccccc3)c3ccccc32)c1.N#Cc1cncc(-c2cccc(N3c4ccccc4N(c4ccccc4)c4ccccc43)c2)c1.N#Cc1ncccc1-c1cccc(N2c3ccccc3N(c3ccccc3)c3ccccc32)c1. The maximum absolute atomic E-state index is 9.60. The number of nitriles is 4. The zero-order valence-electron chi connectivity index (χ0n) is 73.3. The first-order valence-electron chi connectivity index (χ1n) is 44.5. The smallest absolute Gasteiger partial charge is 0.148 e. The zero-order chi connectivity index (χ0) is 91.6. The van der Waals surface area contributed by atoms with Gasteiger partial charge in [-0.3, -0.25) is 9.97 Å². The molecule has 0 saturated carbocycles. The summed E-state index contributed by atoms with van der Waals surface area (Å²) in [5, 5.41) is 37.6. The summed E-state index contributed by atoms with van der Waals surface area (Å²) in [6, 6.07) is 163. The second kappa shape index (κ2) is 37.7. The van der Waals surface area contributed by atoms with Crippen LogP contribution in [0.2, 0.25) is 0 Å². The number of benzene rings is 16. The summed E-state index contributed by atoms with van der Waals surface area (Å²) in [5.74, 6) is 0. The Hall–Kier alpha value is -19.5. The maximum Gasteiger partial charge on any atom is 0.148 e. The highest BCUT2D eigenvalue weighted by atomic mass is 15.3. The third-order valence-corrected chi connectivity index (χ3v) is 24.3. The Balaban J connectivity index is 0.000000108. The van der Waals surface area contributed by atoms with Crippen LogP contribution in [0.5, 0.6) is 0 Å². The van der Waals surface area contributed by atoms with Crippen molar-refractivity contribution >= 4 is 136 Å². The van der Waals surface area contributed by atoms with Gasteiger partial charge in [-0.15, -0.1) is 0 Å². The molecule has 16 aromatic carbocycles. The predicted molar refractivity (Wildman–Crippen MR) is 549 cm³/mol. The second-order valence-electron chi connectivity index (χ2n) is 32.3. The molecule has 640 valence electrons. The minimum atomic E-state index is 0.416. The molecule has 16 nitrogen and oxygen atoms in total. The van der Waals surface area contributed by atoms with Crippen molar-refractivity contribution < 1.29 is 0 Å². The van der Waals surface area contributed by atoms with E-state index in [2.05, 4.69) is 447 Å². The summed E-state index contributed by atoms with van der Waals surface area (Å²) < 4.78 is 0. The molecule has 20 aromatic rings. The fourth-order valence-electron chi connectivity index (χ4n) is 18.3. The molecule has 4 aliphatic heterocycles. The summed E-state index contributed by atoms with van der Waals surface area (Å²) in [6.45, 7) is 0. The highest BCUT2D eigenvalue weighted by Gasteiger charge is 2.36. The van der Waals surface area contributed by atoms with Crippen LogP contribution >= 0.6 is 0 Å². The van der Waals surface area contributed by atoms with Gasteiger partial charge >= 0.3 is 0 Å². The maximum atomic E-state index is 9.60. The first-order chi connectivity index (χ1) is 67.4. The lowest BCUT2D eigenvalue weighted by Crippen LogP contribution is -2.23. The van der Waals surface area contributed by atoms with Crippen LogP contribution in [0, 0.1) is 45.3 Å². The largest absolute Gasteiger partial charge is 0.306 e. The van der Waals surface area contributed by atoms with Crippen LogP contribution in [0.1, 0.15) is 22.5 Å². The highest BCUT2D eigenvalue weighted by Crippen LogP contribution is 2.60. The van der Waals surface area contributed by atoms with Gasteiger partial charge in [0, 0.05) is 105 Å². The molecule has 0 bridgehead atoms. The Labute approximate surface area is 788 Å². The van der Waals surface area contributed by atoms with Crippen molar-refractivity contribution in [3.05, 3.63) is 509 Å². The molecule has 0 aliphatic carbocycles. The topological polar surface area (TPSA) is 173 Å². The lowest BCUT2D eigenvalue weighted by Gasteiger charge is -2.40. The zero-order valence-corrected chi connectivity index (χ0v) is 73.3. The van der Waals surface area contributed by atoms with Gasteiger partial charge in [0.25, 0.3) is 0 Å². The highest BCUT2D eigenvalue weighted by molar-refractivity contribution is 6.07. The first-order valence-corrected chi connectivity index (χ1v) is 44.5. The van der Waals surface area contributed by atoms with Gasteiger partial charge < -0.3 is 39.2 Å². The van der Waals surface area contributed by atoms with Gasteiger partial charge in [-0.2, -0.15) is 21.0 Å². The molecule has 0 fully saturated rings. The fraction of sp³-hybridized carbons (Fsp3) is 0. The minimum absolute atomic E-state index is 0.416. The standard InChI is InChI=1S/4C30H20N4/c31-21-26-25(14-9-19-32-26)22-10-8-13-24(20-22)34-29-17-6-4-15-27(29)33(23-11-2-1-3-12-23)28-16-5-7-18-30(28)34;31-19-22-17-24(21-32-20-22)23-9-8-12-26(18-23)34-29-15-6-4-13-27(29)33(25-10-2-1-3-11-25)28-14-5-7-16-30(28)34;31-20-24-18-17-23(21-32-24)22-9-8-12-26(19-22)34-29-15-6-4-13-27(29)33(25-10-2-1-3-11-25)28-14-5-7-16-30(28)34;31-20-23-17-18-32-21-26(23)22-9-8-12-25(19-22)34-29-15-6-4-13-27(29)33(24-10-2-1-3-11-24)28-14-5-7-16-30(28)34/h1-20H;1-18,20-21H;2*1-19,21H. The molecule has 0 amide bonds. The van der Waals surface area contributed by atoms with E-state index in [1.165, 1.54) is 0 Å². The van der Waals surface area contributed by atoms with E-state index in [4.69, 9.17) is 5.26 Å². The molecule has 16 heteroatoms. The summed E-state index contributed by atoms with van der Waals surface area (Å²) in [4.78, 5) is 35.4. The Morgan fingerprint density at radius 2 is 0.478 bits per heavy atom. The van der Waals surface area contributed by atoms with E-state index in [9.17, 15) is 15.8 Å². The molecule has 0 N–H and O–H groups in total. The van der Waals surface area contributed by atoms with Gasteiger partial charge in [-0.25, -0.2) is 9.97 Å². The molecular weight excluding hydrogens is 1670 g/mol. The van der Waals surface area contributed by atoms with E-state index < -0.39 is 0 Å². The molecule has 0 radical (unpaired) electrons. The fourth-order valence-corrected chi connectivity index (χ4v) is 18.3. The van der Waals surface area contributed by atoms with Crippen molar-refractivity contribution in [1.29, 1.82) is 21.0 Å². The third kappa shape index (κ3) is 16.1. The van der Waals surface area contributed by atoms with Crippen LogP contribution in [0.3, 0.4) is 0 Å². The molecule has 0 spiro atoms. The number of anilines is 24. The molecule has 4 aromatic heterocycles. The summed E-state index contributed by atoms with van der Waals surface area (Å²) in [5.41, 5.74) is 35.9. The number of hydrogen-bond acceptors (Lipinski definition) is 16. The number of rotatable bonds is 12. The van der Waals surface area contributed by atoms with Crippen LogP contribution in [0.4, 0.5) is 136 Å². The van der Waals surface area contributed by atoms with Gasteiger partial charge in [-0.1, -0.05) is 218 Å². The molecule has 4 aliphatic rings. The van der Waals surface area contributed by atoms with Crippen LogP contribution in [-0.4, -0.2) is 19.9 Å². The lowest BCUT2D eigenvalue weighted by molar-refractivity contribution is 1.17. The minimum Gasteiger partial charge on any atom is -0.306 e. The average Bonchev–Trinajstić information content (AvgIpc) is 0.747. The molecule has 0 saturated heterocycles. The number of fused-ring (bicyclic) bond motifs is 8. The summed E-state index contributed by atoms with van der Waals surface area (Å²) in [6.07, 6.45) is 10.2. The van der Waals surface area contributed by atoms with Crippen LogP contribution in [0.15, 0.2) is 486 Å². The lowest BCUT2D eigenvalue weighted by atomic mass is 10.0. The quantitative estimate of drug-likeness (QED) is 0.113. The van der Waals surface area contributed by atoms with Crippen molar-refractivity contribution in [3.63, 3.8) is 0 Å². The van der Waals surface area contributed by atoms with E-state index in [0.29, 0.717) is 22.5 Å². The van der Waals surface area contributed by atoms with Crippen LogP contribution in [0.25, 0.3) is 44.5 Å². The number of aromatic nitrogens is 4. The predicted octanol–water partition coefficient (Wildman–Crippen LogP) is 31.5. The van der Waals surface area contributed by atoms with Gasteiger partial charge in [0.15, 0.2) is 0 Å². The Morgan fingerprint density at radius 1 is 0.176 bits per heavy atom.